The van der Waals surface area contributed by atoms with Crippen LogP contribution < -0.4 is 0 Å². The first-order chi connectivity index (χ1) is 21.7. The molecular formula is C28H28F5N7O6. The van der Waals surface area contributed by atoms with Gasteiger partial charge in [0.15, 0.2) is 11.4 Å². The largest absolute Gasteiger partial charge is 0.477 e. The molecular weight excluding hydrogens is 625 g/mol. The number of hydrogen-bond acceptors (Lipinski definition) is 10. The van der Waals surface area contributed by atoms with Crippen molar-refractivity contribution in [2.24, 2.45) is 0 Å². The van der Waals surface area contributed by atoms with Crippen molar-refractivity contribution >= 4 is 11.9 Å². The van der Waals surface area contributed by atoms with E-state index in [4.69, 9.17) is 10.4 Å². The van der Waals surface area contributed by atoms with Gasteiger partial charge < -0.3 is 9.67 Å². The number of carboxylic acid groups (broad SMARTS) is 1. The lowest BCUT2D eigenvalue weighted by Crippen LogP contribution is -2.35. The monoisotopic (exact) mass is 653 g/mol. The quantitative estimate of drug-likeness (QED) is 0.0908. The third-order valence-electron chi connectivity index (χ3n) is 6.78. The molecule has 0 spiro atoms. The van der Waals surface area contributed by atoms with Gasteiger partial charge in [-0.1, -0.05) is 60.3 Å². The maximum absolute atomic E-state index is 14.3. The molecule has 0 saturated carbocycles. The third-order valence-corrected chi connectivity index (χ3v) is 6.78. The standard InChI is InChI=1S/C28H28F5N7O6/c1-2-7-21-34-24(27(29,30)28(31,32)33)23(26(42)43)38(21)16-17-11-13-18(14-12-17)19-8-3-4-9-20(19)25-35-37-39(36-25)22(41)10-5-6-15-46-40(44)45/h3-4,8-9,11-14,44-45H,2,5-7,10,15-16H2,1H3,(H,42,43). The maximum atomic E-state index is 14.3. The fourth-order valence-corrected chi connectivity index (χ4v) is 4.61. The van der Waals surface area contributed by atoms with Crippen LogP contribution in [0.1, 0.15) is 65.0 Å². The molecule has 0 amide bonds. The highest BCUT2D eigenvalue weighted by Gasteiger charge is 2.62. The van der Waals surface area contributed by atoms with Crippen LogP contribution in [-0.4, -0.2) is 75.3 Å². The van der Waals surface area contributed by atoms with Crippen LogP contribution in [0.2, 0.25) is 0 Å². The Morgan fingerprint density at radius 2 is 1.65 bits per heavy atom. The molecule has 2 aromatic heterocycles. The zero-order valence-electron chi connectivity index (χ0n) is 24.2. The Kier molecular flexibility index (Phi) is 10.6. The van der Waals surface area contributed by atoms with Crippen LogP contribution in [0.4, 0.5) is 22.0 Å². The Morgan fingerprint density at radius 1 is 0.978 bits per heavy atom. The van der Waals surface area contributed by atoms with Gasteiger partial charge in [0.05, 0.1) is 12.0 Å². The summed E-state index contributed by atoms with van der Waals surface area (Å²) in [5.41, 5.74) is -0.908. The molecule has 46 heavy (non-hydrogen) atoms. The van der Waals surface area contributed by atoms with Crippen LogP contribution in [0.25, 0.3) is 22.5 Å². The van der Waals surface area contributed by atoms with Crippen LogP contribution in [0.5, 0.6) is 0 Å². The minimum atomic E-state index is -6.04. The van der Waals surface area contributed by atoms with Crippen molar-refractivity contribution in [1.82, 2.24) is 35.1 Å². The number of halogens is 5. The normalized spacial score (nSPS) is 12.2. The summed E-state index contributed by atoms with van der Waals surface area (Å²) in [6.45, 7) is 1.29. The van der Waals surface area contributed by atoms with Crippen LogP contribution in [0.3, 0.4) is 0 Å². The number of unbranched alkanes of at least 4 members (excludes halogenated alkanes) is 1. The van der Waals surface area contributed by atoms with Crippen LogP contribution >= 0.6 is 0 Å². The van der Waals surface area contributed by atoms with Crippen molar-refractivity contribution in [3.8, 4) is 22.5 Å². The van der Waals surface area contributed by atoms with Gasteiger partial charge in [0, 0.05) is 24.9 Å². The summed E-state index contributed by atoms with van der Waals surface area (Å²) < 4.78 is 69.0. The summed E-state index contributed by atoms with van der Waals surface area (Å²) in [6.07, 6.45) is -5.02. The number of nitrogens with zero attached hydrogens (tertiary/aromatic N) is 7. The van der Waals surface area contributed by atoms with E-state index < -0.39 is 40.8 Å². The van der Waals surface area contributed by atoms with E-state index in [-0.39, 0.29) is 37.6 Å². The third kappa shape index (κ3) is 7.58. The number of imidazole rings is 1. The highest BCUT2D eigenvalue weighted by Crippen LogP contribution is 2.45. The number of carbonyl (C=O) groups excluding carboxylic acids is 1. The molecule has 3 N–H and O–H groups in total. The topological polar surface area (TPSA) is 169 Å². The van der Waals surface area contributed by atoms with Crippen LogP contribution in [-0.2, 0) is 23.7 Å². The lowest BCUT2D eigenvalue weighted by molar-refractivity contribution is -0.492. The SMILES string of the molecule is CCCc1nc(C(F)(F)C(F)(F)F)c(C(=O)O)n1Cc1ccc(-c2ccccc2-c2nnn(C(=O)CCCCON(O)O)n2)cc1. The molecule has 0 aliphatic rings. The summed E-state index contributed by atoms with van der Waals surface area (Å²) in [5.74, 6) is -7.97. The minimum Gasteiger partial charge on any atom is -0.477 e. The second kappa shape index (κ2) is 14.2. The van der Waals surface area contributed by atoms with Gasteiger partial charge >= 0.3 is 18.1 Å². The van der Waals surface area contributed by atoms with Gasteiger partial charge in [0.2, 0.25) is 5.82 Å². The molecule has 0 aliphatic heterocycles. The number of hydrogen-bond donors (Lipinski definition) is 3. The molecule has 0 fully saturated rings. The number of benzene rings is 2. The van der Waals surface area contributed by atoms with Crippen molar-refractivity contribution in [1.29, 1.82) is 0 Å². The van der Waals surface area contributed by atoms with E-state index >= 15 is 0 Å². The molecule has 4 rings (SSSR count). The molecule has 18 heteroatoms. The summed E-state index contributed by atoms with van der Waals surface area (Å²) in [7, 11) is 0. The number of aromatic carboxylic acids is 1. The van der Waals surface area contributed by atoms with Gasteiger partial charge in [-0.05, 0) is 41.2 Å². The Hall–Kier alpha value is -4.65. The fraction of sp³-hybridized carbons (Fsp3) is 0.357. The van der Waals surface area contributed by atoms with E-state index in [1.54, 1.807) is 55.5 Å². The maximum Gasteiger partial charge on any atom is 0.459 e. The molecule has 13 nitrogen and oxygen atoms in total. The molecule has 0 atom stereocenters. The first kappa shape index (κ1) is 34.2. The number of carboxylic acids is 1. The van der Waals surface area contributed by atoms with Gasteiger partial charge in [0.25, 0.3) is 5.91 Å². The molecule has 2 heterocycles. The van der Waals surface area contributed by atoms with Gasteiger partial charge in [-0.3, -0.25) is 20.0 Å². The minimum absolute atomic E-state index is 0.0273. The van der Waals surface area contributed by atoms with Crippen molar-refractivity contribution in [2.45, 2.75) is 57.7 Å². The van der Waals surface area contributed by atoms with Gasteiger partial charge in [-0.25, -0.2) is 9.78 Å². The molecule has 0 saturated heterocycles. The van der Waals surface area contributed by atoms with Gasteiger partial charge in [-0.2, -0.15) is 22.0 Å². The highest BCUT2D eigenvalue weighted by atomic mass is 19.4. The Morgan fingerprint density at radius 3 is 2.26 bits per heavy atom. The first-order valence-electron chi connectivity index (χ1n) is 13.8. The smallest absolute Gasteiger partial charge is 0.459 e. The average Bonchev–Trinajstić information content (AvgIpc) is 3.63. The van der Waals surface area contributed by atoms with Crippen LogP contribution in [0, 0.1) is 0 Å². The van der Waals surface area contributed by atoms with E-state index in [9.17, 15) is 36.6 Å². The molecule has 0 unspecified atom stereocenters. The molecule has 0 radical (unpaired) electrons. The van der Waals surface area contributed by atoms with Crippen LogP contribution in [0.15, 0.2) is 48.5 Å². The predicted molar refractivity (Wildman–Crippen MR) is 147 cm³/mol. The summed E-state index contributed by atoms with van der Waals surface area (Å²) >= 11 is 0. The summed E-state index contributed by atoms with van der Waals surface area (Å²) in [6, 6.07) is 13.3. The second-order valence-corrected chi connectivity index (χ2v) is 10.0. The number of rotatable bonds is 14. The average molecular weight is 654 g/mol. The van der Waals surface area contributed by atoms with Crippen molar-refractivity contribution < 1.29 is 51.9 Å². The van der Waals surface area contributed by atoms with Crippen molar-refractivity contribution in [3.63, 3.8) is 0 Å². The number of carbonyl (C=O) groups is 2. The predicted octanol–water partition coefficient (Wildman–Crippen LogP) is 5.38. The van der Waals surface area contributed by atoms with Crippen molar-refractivity contribution in [3.05, 3.63) is 71.3 Å². The number of aryl methyl sites for hydroxylation is 1. The summed E-state index contributed by atoms with van der Waals surface area (Å²) in [5, 5.41) is 38.3. The number of alkyl halides is 5. The molecule has 4 aromatic rings. The molecule has 0 bridgehead atoms. The van der Waals surface area contributed by atoms with Crippen molar-refractivity contribution in [2.75, 3.05) is 6.61 Å². The van der Waals surface area contributed by atoms with E-state index in [2.05, 4.69) is 25.2 Å². The highest BCUT2D eigenvalue weighted by molar-refractivity contribution is 5.88. The fourth-order valence-electron chi connectivity index (χ4n) is 4.61. The first-order valence-corrected chi connectivity index (χ1v) is 13.8. The Bertz CT molecular complexity index is 1670. The second-order valence-electron chi connectivity index (χ2n) is 10.0. The molecule has 246 valence electrons. The lowest BCUT2D eigenvalue weighted by atomic mass is 9.98. The zero-order valence-corrected chi connectivity index (χ0v) is 24.2. The molecule has 0 aliphatic carbocycles. The number of tetrazole rings is 1. The lowest BCUT2D eigenvalue weighted by Gasteiger charge is -2.18. The van der Waals surface area contributed by atoms with Gasteiger partial charge in [-0.15, -0.1) is 10.2 Å². The van der Waals surface area contributed by atoms with E-state index in [0.717, 1.165) is 9.36 Å². The van der Waals surface area contributed by atoms with E-state index in [1.807, 2.05) is 0 Å². The van der Waals surface area contributed by atoms with E-state index in [0.29, 0.717) is 41.5 Å². The van der Waals surface area contributed by atoms with Gasteiger partial charge in [0.1, 0.15) is 5.82 Å². The zero-order chi connectivity index (χ0) is 33.6. The Labute approximate surface area is 257 Å². The molecule has 2 aromatic carbocycles. The summed E-state index contributed by atoms with van der Waals surface area (Å²) in [4.78, 5) is 33.2. The Balaban J connectivity index is 1.58. The van der Waals surface area contributed by atoms with E-state index in [1.165, 1.54) is 0 Å². The number of aromatic nitrogens is 6.